The molecule has 21 heavy (non-hydrogen) atoms. The highest BCUT2D eigenvalue weighted by molar-refractivity contribution is 5.81. The quantitative estimate of drug-likeness (QED) is 0.668. The molecule has 2 atom stereocenters. The average molecular weight is 296 g/mol. The second kappa shape index (κ2) is 6.89. The van der Waals surface area contributed by atoms with Gasteiger partial charge in [-0.15, -0.1) is 0 Å². The minimum atomic E-state index is -0.398. The van der Waals surface area contributed by atoms with Crippen molar-refractivity contribution in [3.05, 3.63) is 0 Å². The van der Waals surface area contributed by atoms with Gasteiger partial charge in [-0.2, -0.15) is 0 Å². The van der Waals surface area contributed by atoms with Crippen molar-refractivity contribution in [1.82, 2.24) is 9.80 Å². The molecule has 0 unspecified atom stereocenters. The molecule has 2 aliphatic rings. The van der Waals surface area contributed by atoms with Gasteiger partial charge in [0.1, 0.15) is 0 Å². The van der Waals surface area contributed by atoms with Crippen LogP contribution in [0, 0.1) is 0 Å². The van der Waals surface area contributed by atoms with Gasteiger partial charge in [-0.1, -0.05) is 0 Å². The molecule has 0 radical (unpaired) electrons. The van der Waals surface area contributed by atoms with E-state index in [4.69, 9.17) is 11.5 Å². The van der Waals surface area contributed by atoms with E-state index in [1.54, 1.807) is 9.80 Å². The van der Waals surface area contributed by atoms with E-state index in [0.29, 0.717) is 19.5 Å². The fraction of sp³-hybridized carbons (Fsp3) is 0.786. The largest absolute Gasteiger partial charge is 0.370 e. The third kappa shape index (κ3) is 3.72. The number of carbonyl (C=O) groups is 3. The highest BCUT2D eigenvalue weighted by Crippen LogP contribution is 2.26. The van der Waals surface area contributed by atoms with E-state index in [2.05, 4.69) is 0 Å². The summed E-state index contributed by atoms with van der Waals surface area (Å²) in [6.45, 7) is 1.58. The first-order valence-electron chi connectivity index (χ1n) is 7.60. The number of carbonyl (C=O) groups excluding carboxylic acids is 3. The summed E-state index contributed by atoms with van der Waals surface area (Å²) in [6, 6.07) is -0.158. The van der Waals surface area contributed by atoms with Gasteiger partial charge in [0, 0.05) is 51.0 Å². The Labute approximate surface area is 124 Å². The molecule has 7 nitrogen and oxygen atoms in total. The molecule has 2 rings (SSSR count). The summed E-state index contributed by atoms with van der Waals surface area (Å²) in [5, 5.41) is 0. The molecule has 0 aromatic rings. The molecule has 0 aromatic carbocycles. The standard InChI is InChI=1S/C14H24N4O3/c15-9-11-4-3-10(8-12(16)19)18(11)14(21)5-7-17-6-1-2-13(17)20/h10-11H,1-9,15H2,(H2,16,19)/t10-,11+/m1/s1. The third-order valence-corrected chi connectivity index (χ3v) is 4.38. The van der Waals surface area contributed by atoms with Crippen molar-refractivity contribution in [2.45, 2.75) is 50.6 Å². The molecule has 0 aliphatic carbocycles. The predicted octanol–water partition coefficient (Wildman–Crippen LogP) is -0.807. The first kappa shape index (κ1) is 15.8. The maximum absolute atomic E-state index is 12.5. The SMILES string of the molecule is NC[C@@H]1CC[C@H](CC(N)=O)N1C(=O)CCN1CCCC1=O. The van der Waals surface area contributed by atoms with Crippen molar-refractivity contribution in [2.75, 3.05) is 19.6 Å². The zero-order chi connectivity index (χ0) is 15.4. The smallest absolute Gasteiger partial charge is 0.224 e. The molecule has 2 aliphatic heterocycles. The third-order valence-electron chi connectivity index (χ3n) is 4.38. The minimum Gasteiger partial charge on any atom is -0.370 e. The Morgan fingerprint density at radius 3 is 2.52 bits per heavy atom. The van der Waals surface area contributed by atoms with Crippen molar-refractivity contribution in [2.24, 2.45) is 11.5 Å². The normalized spacial score (nSPS) is 25.7. The van der Waals surface area contributed by atoms with Crippen LogP contribution in [0.1, 0.15) is 38.5 Å². The van der Waals surface area contributed by atoms with Gasteiger partial charge in [0.25, 0.3) is 0 Å². The van der Waals surface area contributed by atoms with Crippen LogP contribution in [0.3, 0.4) is 0 Å². The summed E-state index contributed by atoms with van der Waals surface area (Å²) in [5.74, 6) is -0.313. The van der Waals surface area contributed by atoms with Gasteiger partial charge in [0.2, 0.25) is 17.7 Å². The van der Waals surface area contributed by atoms with E-state index < -0.39 is 5.91 Å². The van der Waals surface area contributed by atoms with Crippen molar-refractivity contribution >= 4 is 17.7 Å². The minimum absolute atomic E-state index is 0.0175. The van der Waals surface area contributed by atoms with Crippen molar-refractivity contribution in [1.29, 1.82) is 0 Å². The van der Waals surface area contributed by atoms with Crippen LogP contribution < -0.4 is 11.5 Å². The van der Waals surface area contributed by atoms with Gasteiger partial charge in [-0.3, -0.25) is 14.4 Å². The van der Waals surface area contributed by atoms with Crippen LogP contribution >= 0.6 is 0 Å². The number of amides is 3. The fourth-order valence-corrected chi connectivity index (χ4v) is 3.33. The Morgan fingerprint density at radius 1 is 1.24 bits per heavy atom. The Bertz CT molecular complexity index is 426. The molecule has 0 saturated carbocycles. The molecule has 2 fully saturated rings. The molecule has 4 N–H and O–H groups in total. The van der Waals surface area contributed by atoms with Gasteiger partial charge in [-0.25, -0.2) is 0 Å². The van der Waals surface area contributed by atoms with Gasteiger partial charge < -0.3 is 21.3 Å². The number of likely N-dealkylation sites (tertiary alicyclic amines) is 2. The summed E-state index contributed by atoms with van der Waals surface area (Å²) >= 11 is 0. The van der Waals surface area contributed by atoms with Crippen LogP contribution in [0.25, 0.3) is 0 Å². The molecule has 3 amide bonds. The Kier molecular flexibility index (Phi) is 5.17. The lowest BCUT2D eigenvalue weighted by molar-refractivity contribution is -0.135. The summed E-state index contributed by atoms with van der Waals surface area (Å²) < 4.78 is 0. The van der Waals surface area contributed by atoms with Crippen molar-refractivity contribution < 1.29 is 14.4 Å². The number of hydrogen-bond donors (Lipinski definition) is 2. The Hall–Kier alpha value is -1.63. The van der Waals surface area contributed by atoms with Crippen molar-refractivity contribution in [3.63, 3.8) is 0 Å². The summed E-state index contributed by atoms with van der Waals surface area (Å²) in [5.41, 5.74) is 11.0. The molecule has 7 heteroatoms. The van der Waals surface area contributed by atoms with Crippen LogP contribution in [-0.4, -0.2) is 59.2 Å². The molecular formula is C14H24N4O3. The second-order valence-electron chi connectivity index (χ2n) is 5.83. The maximum atomic E-state index is 12.5. The van der Waals surface area contributed by atoms with E-state index in [1.165, 1.54) is 0 Å². The topological polar surface area (TPSA) is 110 Å². The lowest BCUT2D eigenvalue weighted by atomic mass is 10.1. The molecule has 0 spiro atoms. The highest BCUT2D eigenvalue weighted by atomic mass is 16.2. The van der Waals surface area contributed by atoms with Crippen LogP contribution in [0.15, 0.2) is 0 Å². The highest BCUT2D eigenvalue weighted by Gasteiger charge is 2.36. The molecule has 118 valence electrons. The lowest BCUT2D eigenvalue weighted by Gasteiger charge is -2.30. The molecule has 0 bridgehead atoms. The number of rotatable bonds is 6. The van der Waals surface area contributed by atoms with Gasteiger partial charge >= 0.3 is 0 Å². The Balaban J connectivity index is 1.93. The summed E-state index contributed by atoms with van der Waals surface area (Å²) in [7, 11) is 0. The van der Waals surface area contributed by atoms with E-state index >= 15 is 0 Å². The van der Waals surface area contributed by atoms with Gasteiger partial charge in [0.15, 0.2) is 0 Å². The van der Waals surface area contributed by atoms with E-state index in [9.17, 15) is 14.4 Å². The van der Waals surface area contributed by atoms with Crippen LogP contribution in [-0.2, 0) is 14.4 Å². The summed E-state index contributed by atoms with van der Waals surface area (Å²) in [4.78, 5) is 38.6. The van der Waals surface area contributed by atoms with Crippen LogP contribution in [0.4, 0.5) is 0 Å². The lowest BCUT2D eigenvalue weighted by Crippen LogP contribution is -2.46. The number of primary amides is 1. The van der Waals surface area contributed by atoms with E-state index in [0.717, 1.165) is 25.8 Å². The molecular weight excluding hydrogens is 272 g/mol. The van der Waals surface area contributed by atoms with E-state index in [-0.39, 0.29) is 36.7 Å². The first-order chi connectivity index (χ1) is 10.0. The fourth-order valence-electron chi connectivity index (χ4n) is 3.33. The molecule has 2 saturated heterocycles. The average Bonchev–Trinajstić information content (AvgIpc) is 3.01. The summed E-state index contributed by atoms with van der Waals surface area (Å²) in [6.07, 6.45) is 3.49. The predicted molar refractivity (Wildman–Crippen MR) is 77.0 cm³/mol. The molecule has 2 heterocycles. The Morgan fingerprint density at radius 2 is 1.95 bits per heavy atom. The molecule has 0 aromatic heterocycles. The van der Waals surface area contributed by atoms with Crippen molar-refractivity contribution in [3.8, 4) is 0 Å². The zero-order valence-corrected chi connectivity index (χ0v) is 12.3. The van der Waals surface area contributed by atoms with E-state index in [1.807, 2.05) is 0 Å². The second-order valence-corrected chi connectivity index (χ2v) is 5.83. The number of nitrogens with zero attached hydrogens (tertiary/aromatic N) is 2. The monoisotopic (exact) mass is 296 g/mol. The van der Waals surface area contributed by atoms with Gasteiger partial charge in [-0.05, 0) is 19.3 Å². The number of nitrogens with two attached hydrogens (primary N) is 2. The first-order valence-corrected chi connectivity index (χ1v) is 7.60. The number of hydrogen-bond acceptors (Lipinski definition) is 4. The maximum Gasteiger partial charge on any atom is 0.224 e. The van der Waals surface area contributed by atoms with Crippen LogP contribution in [0.2, 0.25) is 0 Å². The van der Waals surface area contributed by atoms with Crippen LogP contribution in [0.5, 0.6) is 0 Å². The zero-order valence-electron chi connectivity index (χ0n) is 12.3. The van der Waals surface area contributed by atoms with Gasteiger partial charge in [0.05, 0.1) is 0 Å².